The normalized spacial score (nSPS) is 16.4. The van der Waals surface area contributed by atoms with Gasteiger partial charge in [0, 0.05) is 16.5 Å². The molecule has 1 aromatic rings. The van der Waals surface area contributed by atoms with Crippen molar-refractivity contribution in [2.45, 2.75) is 51.2 Å². The standard InChI is InChI=1S/C18H23NO5S/c1-11(2)15(17(21)24-18(3,4)5)19-16(20)13-7-6-8-14-12(13)9-10-25(14,22)23/h6-11,15H,1-5H3,(H,19,20)/t15-/m1/s1. The Bertz CT molecular complexity index is 832. The monoisotopic (exact) mass is 365 g/mol. The zero-order chi connectivity index (χ0) is 19.0. The van der Waals surface area contributed by atoms with Gasteiger partial charge in [-0.3, -0.25) is 4.79 Å². The predicted molar refractivity (Wildman–Crippen MR) is 94.6 cm³/mol. The van der Waals surface area contributed by atoms with E-state index in [0.717, 1.165) is 5.41 Å². The fourth-order valence-electron chi connectivity index (χ4n) is 2.47. The van der Waals surface area contributed by atoms with Gasteiger partial charge in [-0.25, -0.2) is 13.2 Å². The van der Waals surface area contributed by atoms with Crippen molar-refractivity contribution in [1.29, 1.82) is 0 Å². The van der Waals surface area contributed by atoms with Crippen LogP contribution in [0, 0.1) is 5.92 Å². The summed E-state index contributed by atoms with van der Waals surface area (Å²) in [7, 11) is -3.50. The van der Waals surface area contributed by atoms with Crippen LogP contribution < -0.4 is 5.32 Å². The van der Waals surface area contributed by atoms with Gasteiger partial charge in [-0.15, -0.1) is 0 Å². The number of rotatable bonds is 4. The molecule has 1 N–H and O–H groups in total. The fourth-order valence-corrected chi connectivity index (χ4v) is 3.69. The summed E-state index contributed by atoms with van der Waals surface area (Å²) in [5.74, 6) is -1.22. The van der Waals surface area contributed by atoms with Crippen molar-refractivity contribution in [3.8, 4) is 0 Å². The molecule has 2 rings (SSSR count). The highest BCUT2D eigenvalue weighted by Crippen LogP contribution is 2.29. The molecule has 1 heterocycles. The van der Waals surface area contributed by atoms with Gasteiger partial charge in [0.25, 0.3) is 5.91 Å². The van der Waals surface area contributed by atoms with E-state index in [2.05, 4.69) is 5.32 Å². The maximum absolute atomic E-state index is 12.7. The smallest absolute Gasteiger partial charge is 0.329 e. The van der Waals surface area contributed by atoms with E-state index in [1.807, 2.05) is 0 Å². The molecule has 1 aliphatic rings. The van der Waals surface area contributed by atoms with Gasteiger partial charge in [-0.05, 0) is 44.9 Å². The molecule has 7 heteroatoms. The number of ether oxygens (including phenoxy) is 1. The van der Waals surface area contributed by atoms with E-state index < -0.39 is 33.4 Å². The molecule has 0 saturated carbocycles. The molecule has 0 radical (unpaired) electrons. The van der Waals surface area contributed by atoms with Gasteiger partial charge < -0.3 is 10.1 Å². The molecule has 0 unspecified atom stereocenters. The van der Waals surface area contributed by atoms with Crippen LogP contribution in [0.2, 0.25) is 0 Å². The molecule has 25 heavy (non-hydrogen) atoms. The SMILES string of the molecule is CC(C)[C@@H](NC(=O)c1cccc2c1C=CS2(=O)=O)C(=O)OC(C)(C)C. The third kappa shape index (κ3) is 4.28. The average Bonchev–Trinajstić information content (AvgIpc) is 2.78. The second kappa shape index (κ2) is 6.63. The minimum absolute atomic E-state index is 0.0958. The van der Waals surface area contributed by atoms with Crippen molar-refractivity contribution in [2.75, 3.05) is 0 Å². The zero-order valence-corrected chi connectivity index (χ0v) is 15.8. The first kappa shape index (κ1) is 19.2. The number of nitrogens with one attached hydrogen (secondary N) is 1. The minimum Gasteiger partial charge on any atom is -0.458 e. The van der Waals surface area contributed by atoms with Gasteiger partial charge >= 0.3 is 5.97 Å². The van der Waals surface area contributed by atoms with Gasteiger partial charge in [0.1, 0.15) is 11.6 Å². The van der Waals surface area contributed by atoms with Crippen LogP contribution in [-0.4, -0.2) is 31.9 Å². The number of hydrogen-bond acceptors (Lipinski definition) is 5. The molecular formula is C18H23NO5S. The van der Waals surface area contributed by atoms with Crippen molar-refractivity contribution in [1.82, 2.24) is 5.32 Å². The third-order valence-electron chi connectivity index (χ3n) is 3.65. The van der Waals surface area contributed by atoms with Crippen molar-refractivity contribution in [3.63, 3.8) is 0 Å². The molecule has 6 nitrogen and oxygen atoms in total. The Morgan fingerprint density at radius 2 is 1.80 bits per heavy atom. The van der Waals surface area contributed by atoms with Crippen LogP contribution in [0.5, 0.6) is 0 Å². The minimum atomic E-state index is -3.50. The summed E-state index contributed by atoms with van der Waals surface area (Å²) in [6.45, 7) is 8.86. The molecule has 0 bridgehead atoms. The van der Waals surface area contributed by atoms with Crippen LogP contribution in [0.1, 0.15) is 50.5 Å². The van der Waals surface area contributed by atoms with Crippen LogP contribution in [0.4, 0.5) is 0 Å². The van der Waals surface area contributed by atoms with Gasteiger partial charge in [-0.2, -0.15) is 0 Å². The lowest BCUT2D eigenvalue weighted by molar-refractivity contribution is -0.158. The Morgan fingerprint density at radius 1 is 1.16 bits per heavy atom. The molecule has 0 fully saturated rings. The largest absolute Gasteiger partial charge is 0.458 e. The van der Waals surface area contributed by atoms with Crippen LogP contribution >= 0.6 is 0 Å². The zero-order valence-electron chi connectivity index (χ0n) is 15.0. The Labute approximate surface area is 148 Å². The average molecular weight is 365 g/mol. The van der Waals surface area contributed by atoms with Crippen LogP contribution in [0.3, 0.4) is 0 Å². The molecule has 0 aromatic heterocycles. The second-order valence-corrected chi connectivity index (χ2v) is 9.10. The van der Waals surface area contributed by atoms with Gasteiger partial charge in [0.15, 0.2) is 9.84 Å². The number of amides is 1. The number of carbonyl (C=O) groups excluding carboxylic acids is 2. The van der Waals surface area contributed by atoms with E-state index in [1.54, 1.807) is 34.6 Å². The van der Waals surface area contributed by atoms with Crippen LogP contribution in [0.15, 0.2) is 28.5 Å². The Morgan fingerprint density at radius 3 is 2.36 bits per heavy atom. The number of sulfone groups is 1. The fraction of sp³-hybridized carbons (Fsp3) is 0.444. The van der Waals surface area contributed by atoms with E-state index in [-0.39, 0.29) is 16.4 Å². The van der Waals surface area contributed by atoms with Crippen LogP contribution in [-0.2, 0) is 19.4 Å². The molecule has 0 spiro atoms. The Balaban J connectivity index is 2.28. The summed E-state index contributed by atoms with van der Waals surface area (Å²) in [5, 5.41) is 3.74. The number of benzene rings is 1. The number of carbonyl (C=O) groups is 2. The van der Waals surface area contributed by atoms with E-state index in [0.29, 0.717) is 5.56 Å². The molecular weight excluding hydrogens is 342 g/mol. The first-order valence-electron chi connectivity index (χ1n) is 8.02. The Hall–Kier alpha value is -2.15. The molecule has 1 aliphatic heterocycles. The first-order valence-corrected chi connectivity index (χ1v) is 9.57. The number of fused-ring (bicyclic) bond motifs is 1. The van der Waals surface area contributed by atoms with Crippen molar-refractivity contribution >= 4 is 27.8 Å². The highest BCUT2D eigenvalue weighted by molar-refractivity contribution is 7.94. The predicted octanol–water partition coefficient (Wildman–Crippen LogP) is 2.54. The van der Waals surface area contributed by atoms with E-state index in [9.17, 15) is 18.0 Å². The molecule has 1 aromatic carbocycles. The molecule has 0 saturated heterocycles. The van der Waals surface area contributed by atoms with E-state index in [4.69, 9.17) is 4.74 Å². The maximum Gasteiger partial charge on any atom is 0.329 e. The summed E-state index contributed by atoms with van der Waals surface area (Å²) < 4.78 is 29.2. The number of hydrogen-bond donors (Lipinski definition) is 1. The lowest BCUT2D eigenvalue weighted by atomic mass is 10.0. The summed E-state index contributed by atoms with van der Waals surface area (Å²) in [5.41, 5.74) is -0.115. The maximum atomic E-state index is 12.7. The quantitative estimate of drug-likeness (QED) is 0.828. The summed E-state index contributed by atoms with van der Waals surface area (Å²) >= 11 is 0. The highest BCUT2D eigenvalue weighted by Gasteiger charge is 2.31. The molecule has 1 amide bonds. The van der Waals surface area contributed by atoms with Crippen molar-refractivity contribution in [2.24, 2.45) is 5.92 Å². The third-order valence-corrected chi connectivity index (χ3v) is 5.11. The summed E-state index contributed by atoms with van der Waals surface area (Å²) in [6, 6.07) is 3.67. The topological polar surface area (TPSA) is 89.5 Å². The van der Waals surface area contributed by atoms with E-state index in [1.165, 1.54) is 24.3 Å². The summed E-state index contributed by atoms with van der Waals surface area (Å²) in [4.78, 5) is 25.1. The lowest BCUT2D eigenvalue weighted by Gasteiger charge is -2.26. The molecule has 0 aliphatic carbocycles. The number of esters is 1. The van der Waals surface area contributed by atoms with Crippen molar-refractivity contribution in [3.05, 3.63) is 34.7 Å². The molecule has 1 atom stereocenters. The second-order valence-electron chi connectivity index (χ2n) is 7.29. The first-order chi connectivity index (χ1) is 11.4. The molecule has 136 valence electrons. The van der Waals surface area contributed by atoms with Crippen molar-refractivity contribution < 1.29 is 22.7 Å². The van der Waals surface area contributed by atoms with Gasteiger partial charge in [0.05, 0.1) is 4.90 Å². The Kier molecular flexibility index (Phi) is 5.09. The van der Waals surface area contributed by atoms with E-state index >= 15 is 0 Å². The lowest BCUT2D eigenvalue weighted by Crippen LogP contribution is -2.47. The summed E-state index contributed by atoms with van der Waals surface area (Å²) in [6.07, 6.45) is 1.40. The highest BCUT2D eigenvalue weighted by atomic mass is 32.2. The van der Waals surface area contributed by atoms with Gasteiger partial charge in [-0.1, -0.05) is 19.9 Å². The van der Waals surface area contributed by atoms with Gasteiger partial charge in [0.2, 0.25) is 0 Å². The van der Waals surface area contributed by atoms with Crippen LogP contribution in [0.25, 0.3) is 6.08 Å².